The summed E-state index contributed by atoms with van der Waals surface area (Å²) >= 11 is 6.52. The van der Waals surface area contributed by atoms with Gasteiger partial charge in [-0.3, -0.25) is 29.4 Å². The second-order valence-corrected chi connectivity index (χ2v) is 8.82. The van der Waals surface area contributed by atoms with Gasteiger partial charge in [0.25, 0.3) is 16.8 Å². The van der Waals surface area contributed by atoms with E-state index in [2.05, 4.69) is 5.32 Å². The largest absolute Gasteiger partial charge is 0.494 e. The highest BCUT2D eigenvalue weighted by Crippen LogP contribution is 2.36. The molecule has 0 spiro atoms. The van der Waals surface area contributed by atoms with Gasteiger partial charge in [0, 0.05) is 22.9 Å². The van der Waals surface area contributed by atoms with Crippen LogP contribution >= 0.6 is 23.4 Å². The maximum Gasteiger partial charge on any atom is 0.294 e. The van der Waals surface area contributed by atoms with Gasteiger partial charge in [-0.05, 0) is 67.2 Å². The minimum absolute atomic E-state index is 0.0559. The topological polar surface area (TPSA) is 132 Å². The summed E-state index contributed by atoms with van der Waals surface area (Å²) in [5.74, 6) is -0.143. The van der Waals surface area contributed by atoms with Gasteiger partial charge >= 0.3 is 0 Å². The Bertz CT molecular complexity index is 1380. The fourth-order valence-electron chi connectivity index (χ4n) is 3.35. The first-order valence-electron chi connectivity index (χ1n) is 10.6. The molecule has 3 amide bonds. The van der Waals surface area contributed by atoms with Crippen LogP contribution in [-0.4, -0.2) is 40.0 Å². The zero-order chi connectivity index (χ0) is 25.8. The molecule has 1 aliphatic rings. The molecule has 0 aliphatic carbocycles. The maximum absolute atomic E-state index is 12.8. The molecular formula is C24H18ClN3O7S. The molecular weight excluding hydrogens is 510 g/mol. The number of hydrogen-bond donors (Lipinski definition) is 1. The van der Waals surface area contributed by atoms with E-state index in [0.29, 0.717) is 29.8 Å². The number of hydrogen-bond acceptors (Lipinski definition) is 8. The molecule has 1 N–H and O–H groups in total. The van der Waals surface area contributed by atoms with Crippen LogP contribution in [0.5, 0.6) is 5.75 Å². The van der Waals surface area contributed by atoms with Crippen LogP contribution in [0.15, 0.2) is 63.9 Å². The molecule has 36 heavy (non-hydrogen) atoms. The zero-order valence-electron chi connectivity index (χ0n) is 18.7. The number of nitro benzene ring substituents is 1. The number of carbonyl (C=O) groups is 3. The monoisotopic (exact) mass is 527 g/mol. The Hall–Kier alpha value is -4.09. The first-order chi connectivity index (χ1) is 17.2. The molecule has 0 bridgehead atoms. The van der Waals surface area contributed by atoms with Crippen LogP contribution in [0.2, 0.25) is 5.02 Å². The van der Waals surface area contributed by atoms with E-state index in [-0.39, 0.29) is 32.7 Å². The number of benzene rings is 2. The van der Waals surface area contributed by atoms with Crippen LogP contribution in [0.3, 0.4) is 0 Å². The summed E-state index contributed by atoms with van der Waals surface area (Å²) in [4.78, 5) is 49.2. The number of rotatable bonds is 8. The van der Waals surface area contributed by atoms with Crippen LogP contribution in [0.1, 0.15) is 12.7 Å². The third kappa shape index (κ3) is 5.58. The number of ether oxygens (including phenoxy) is 1. The minimum atomic E-state index is -0.651. The molecule has 10 nitrogen and oxygen atoms in total. The summed E-state index contributed by atoms with van der Waals surface area (Å²) in [5.41, 5.74) is 0.468. The fourth-order valence-corrected chi connectivity index (χ4v) is 4.33. The van der Waals surface area contributed by atoms with E-state index in [9.17, 15) is 24.5 Å². The Balaban J connectivity index is 1.45. The van der Waals surface area contributed by atoms with Crippen LogP contribution in [0.4, 0.5) is 16.2 Å². The highest BCUT2D eigenvalue weighted by molar-refractivity contribution is 8.18. The third-order valence-electron chi connectivity index (χ3n) is 4.95. The Kier molecular flexibility index (Phi) is 7.41. The number of imide groups is 1. The van der Waals surface area contributed by atoms with Crippen molar-refractivity contribution in [1.29, 1.82) is 0 Å². The van der Waals surface area contributed by atoms with Crippen molar-refractivity contribution < 1.29 is 28.5 Å². The first-order valence-corrected chi connectivity index (χ1v) is 11.8. The van der Waals surface area contributed by atoms with Crippen molar-refractivity contribution in [3.05, 3.63) is 80.4 Å². The average Bonchev–Trinajstić information content (AvgIpc) is 3.40. The van der Waals surface area contributed by atoms with Gasteiger partial charge in [-0.2, -0.15) is 0 Å². The Morgan fingerprint density at radius 3 is 2.64 bits per heavy atom. The van der Waals surface area contributed by atoms with Crippen LogP contribution in [0, 0.1) is 10.1 Å². The van der Waals surface area contributed by atoms with Gasteiger partial charge in [0.1, 0.15) is 23.8 Å². The van der Waals surface area contributed by atoms with E-state index < -0.39 is 28.5 Å². The lowest BCUT2D eigenvalue weighted by Crippen LogP contribution is -2.36. The lowest BCUT2D eigenvalue weighted by Gasteiger charge is -2.12. The number of nitrogens with zero attached hydrogens (tertiary/aromatic N) is 2. The minimum Gasteiger partial charge on any atom is -0.494 e. The van der Waals surface area contributed by atoms with Crippen molar-refractivity contribution in [1.82, 2.24) is 4.90 Å². The molecule has 2 heterocycles. The summed E-state index contributed by atoms with van der Waals surface area (Å²) < 4.78 is 11.0. The van der Waals surface area contributed by atoms with Crippen molar-refractivity contribution in [2.45, 2.75) is 6.92 Å². The normalized spacial score (nSPS) is 14.4. The van der Waals surface area contributed by atoms with E-state index >= 15 is 0 Å². The molecule has 0 saturated carbocycles. The number of anilines is 1. The summed E-state index contributed by atoms with van der Waals surface area (Å²) in [6, 6.07) is 13.9. The van der Waals surface area contributed by atoms with E-state index in [0.717, 1.165) is 4.90 Å². The zero-order valence-corrected chi connectivity index (χ0v) is 20.3. The predicted octanol–water partition coefficient (Wildman–Crippen LogP) is 5.58. The van der Waals surface area contributed by atoms with Crippen molar-refractivity contribution in [2.75, 3.05) is 18.5 Å². The lowest BCUT2D eigenvalue weighted by molar-refractivity contribution is -0.384. The molecule has 12 heteroatoms. The number of furan rings is 1. The summed E-state index contributed by atoms with van der Waals surface area (Å²) in [5, 5.41) is 13.6. The molecule has 1 aliphatic heterocycles. The van der Waals surface area contributed by atoms with Gasteiger partial charge in [0.05, 0.1) is 22.0 Å². The fraction of sp³-hybridized carbons (Fsp3) is 0.125. The van der Waals surface area contributed by atoms with Gasteiger partial charge in [-0.25, -0.2) is 0 Å². The summed E-state index contributed by atoms with van der Waals surface area (Å²) in [7, 11) is 0. The molecule has 4 rings (SSSR count). The van der Waals surface area contributed by atoms with Crippen LogP contribution in [0.25, 0.3) is 17.4 Å². The lowest BCUT2D eigenvalue weighted by atomic mass is 10.1. The Morgan fingerprint density at radius 2 is 1.94 bits per heavy atom. The van der Waals surface area contributed by atoms with E-state index in [1.807, 2.05) is 6.92 Å². The van der Waals surface area contributed by atoms with Gasteiger partial charge < -0.3 is 14.5 Å². The number of carbonyl (C=O) groups excluding carboxylic acids is 3. The summed E-state index contributed by atoms with van der Waals surface area (Å²) in [6.07, 6.45) is 1.35. The third-order valence-corrected chi connectivity index (χ3v) is 6.09. The van der Waals surface area contributed by atoms with Crippen LogP contribution < -0.4 is 10.1 Å². The van der Waals surface area contributed by atoms with Crippen LogP contribution in [-0.2, 0) is 9.59 Å². The van der Waals surface area contributed by atoms with Crippen molar-refractivity contribution in [3.63, 3.8) is 0 Å². The molecule has 0 unspecified atom stereocenters. The van der Waals surface area contributed by atoms with Crippen molar-refractivity contribution >= 4 is 57.9 Å². The molecule has 1 saturated heterocycles. The second-order valence-electron chi connectivity index (χ2n) is 7.39. The van der Waals surface area contributed by atoms with E-state index in [1.54, 1.807) is 24.3 Å². The maximum atomic E-state index is 12.8. The van der Waals surface area contributed by atoms with Gasteiger partial charge in [0.15, 0.2) is 0 Å². The molecule has 3 aromatic rings. The number of nitrogens with one attached hydrogen (secondary N) is 1. The van der Waals surface area contributed by atoms with Gasteiger partial charge in [-0.15, -0.1) is 0 Å². The SMILES string of the molecule is CCOc1ccc(NC(=O)CN2C(=O)S/C(=C/c3ccc(-c4ccc(Cl)cc4[N+](=O)[O-])o3)C2=O)cc1. The average molecular weight is 528 g/mol. The first kappa shape index (κ1) is 25.0. The highest BCUT2D eigenvalue weighted by atomic mass is 35.5. The quantitative estimate of drug-likeness (QED) is 0.228. The highest BCUT2D eigenvalue weighted by Gasteiger charge is 2.36. The van der Waals surface area contributed by atoms with Crippen molar-refractivity contribution in [3.8, 4) is 17.1 Å². The van der Waals surface area contributed by atoms with E-state index in [1.165, 1.54) is 36.4 Å². The molecule has 2 aromatic carbocycles. The molecule has 0 radical (unpaired) electrons. The standard InChI is InChI=1S/C24H18ClN3O7S/c1-2-34-16-6-4-15(5-7-16)26-22(29)13-27-23(30)21(36-24(27)31)12-17-8-10-20(35-17)18-9-3-14(25)11-19(18)28(32)33/h3-12H,2,13H2,1H3,(H,26,29)/b21-12+. The van der Waals surface area contributed by atoms with Gasteiger partial charge in [0.2, 0.25) is 5.91 Å². The summed E-state index contributed by atoms with van der Waals surface area (Å²) in [6.45, 7) is 1.91. The van der Waals surface area contributed by atoms with Gasteiger partial charge in [-0.1, -0.05) is 11.6 Å². The predicted molar refractivity (Wildman–Crippen MR) is 135 cm³/mol. The number of amides is 3. The number of nitro groups is 1. The molecule has 0 atom stereocenters. The van der Waals surface area contributed by atoms with E-state index in [4.69, 9.17) is 20.8 Å². The Morgan fingerprint density at radius 1 is 1.19 bits per heavy atom. The van der Waals surface area contributed by atoms with Crippen molar-refractivity contribution in [2.24, 2.45) is 0 Å². The second kappa shape index (κ2) is 10.7. The number of thioether (sulfide) groups is 1. The smallest absolute Gasteiger partial charge is 0.294 e. The Labute approximate surface area is 214 Å². The number of halogens is 1. The molecule has 184 valence electrons. The molecule has 1 aromatic heterocycles. The molecule has 1 fully saturated rings.